The third kappa shape index (κ3) is 3.71. The largest absolute Gasteiger partial charge is 0.354 e. The summed E-state index contributed by atoms with van der Waals surface area (Å²) in [5.41, 5.74) is 0.467. The van der Waals surface area contributed by atoms with Gasteiger partial charge < -0.3 is 9.80 Å². The average molecular weight is 374 g/mol. The summed E-state index contributed by atoms with van der Waals surface area (Å²) in [6.07, 6.45) is 1.73. The number of amides is 1. The van der Waals surface area contributed by atoms with E-state index in [0.717, 1.165) is 5.82 Å². The maximum absolute atomic E-state index is 12.8. The molecule has 26 heavy (non-hydrogen) atoms. The molecule has 1 aromatic heterocycles. The van der Waals surface area contributed by atoms with Gasteiger partial charge in [-0.05, 0) is 36.4 Å². The second kappa shape index (κ2) is 7.43. The van der Waals surface area contributed by atoms with Crippen molar-refractivity contribution in [3.05, 3.63) is 54.2 Å². The van der Waals surface area contributed by atoms with Crippen LogP contribution in [0.3, 0.4) is 0 Å². The maximum atomic E-state index is 12.8. The lowest BCUT2D eigenvalue weighted by atomic mass is 10.2. The zero-order valence-electron chi connectivity index (χ0n) is 14.9. The van der Waals surface area contributed by atoms with Crippen LogP contribution in [0.25, 0.3) is 0 Å². The fraction of sp³-hybridized carbons (Fsp3) is 0.333. The molecule has 0 spiro atoms. The Balaban J connectivity index is 1.70. The standard InChI is InChI=1S/C18H22N4O3S/c1-20(2)18(23)15-6-8-16(9-7-15)26(24,25)22-13-11-21(12-14-22)17-5-3-4-10-19-17/h3-10H,11-14H2,1-2H3. The van der Waals surface area contributed by atoms with Gasteiger partial charge in [-0.25, -0.2) is 13.4 Å². The van der Waals surface area contributed by atoms with Crippen molar-refractivity contribution < 1.29 is 13.2 Å². The van der Waals surface area contributed by atoms with Crippen molar-refractivity contribution in [2.45, 2.75) is 4.90 Å². The molecule has 8 heteroatoms. The number of rotatable bonds is 4. The fourth-order valence-corrected chi connectivity index (χ4v) is 4.30. The van der Waals surface area contributed by atoms with E-state index < -0.39 is 10.0 Å². The molecule has 1 aliphatic heterocycles. The van der Waals surface area contributed by atoms with Gasteiger partial charge in [-0.1, -0.05) is 6.07 Å². The molecule has 3 rings (SSSR count). The minimum Gasteiger partial charge on any atom is -0.354 e. The van der Waals surface area contributed by atoms with Crippen molar-refractivity contribution in [3.63, 3.8) is 0 Å². The Morgan fingerprint density at radius 1 is 1.00 bits per heavy atom. The smallest absolute Gasteiger partial charge is 0.253 e. The lowest BCUT2D eigenvalue weighted by molar-refractivity contribution is 0.0827. The van der Waals surface area contributed by atoms with Crippen molar-refractivity contribution in [1.82, 2.24) is 14.2 Å². The topological polar surface area (TPSA) is 73.8 Å². The molecule has 1 aromatic carbocycles. The molecule has 7 nitrogen and oxygen atoms in total. The zero-order chi connectivity index (χ0) is 18.7. The second-order valence-corrected chi connectivity index (χ2v) is 8.24. The van der Waals surface area contributed by atoms with Crippen molar-refractivity contribution in [3.8, 4) is 0 Å². The quantitative estimate of drug-likeness (QED) is 0.806. The van der Waals surface area contributed by atoms with E-state index in [1.165, 1.54) is 21.3 Å². The van der Waals surface area contributed by atoms with Crippen LogP contribution in [0, 0.1) is 0 Å². The van der Waals surface area contributed by atoms with E-state index in [9.17, 15) is 13.2 Å². The first kappa shape index (κ1) is 18.3. The fourth-order valence-electron chi connectivity index (χ4n) is 2.88. The highest BCUT2D eigenvalue weighted by molar-refractivity contribution is 7.89. The molecule has 2 heterocycles. The SMILES string of the molecule is CN(C)C(=O)c1ccc(S(=O)(=O)N2CCN(c3ccccn3)CC2)cc1. The van der Waals surface area contributed by atoms with Gasteiger partial charge >= 0.3 is 0 Å². The van der Waals surface area contributed by atoms with Crippen molar-refractivity contribution in [1.29, 1.82) is 0 Å². The summed E-state index contributed by atoms with van der Waals surface area (Å²) in [5, 5.41) is 0. The van der Waals surface area contributed by atoms with Crippen molar-refractivity contribution in [2.75, 3.05) is 45.2 Å². The maximum Gasteiger partial charge on any atom is 0.253 e. The van der Waals surface area contributed by atoms with Gasteiger partial charge in [0.05, 0.1) is 4.90 Å². The summed E-state index contributed by atoms with van der Waals surface area (Å²) < 4.78 is 27.2. The minimum atomic E-state index is -3.57. The van der Waals surface area contributed by atoms with E-state index in [1.54, 1.807) is 32.4 Å². The van der Waals surface area contributed by atoms with E-state index in [2.05, 4.69) is 9.88 Å². The van der Waals surface area contributed by atoms with Gasteiger partial charge in [-0.3, -0.25) is 4.79 Å². The number of benzene rings is 1. The number of anilines is 1. The third-order valence-corrected chi connectivity index (χ3v) is 6.27. The molecule has 0 saturated carbocycles. The summed E-state index contributed by atoms with van der Waals surface area (Å²) in [4.78, 5) is 20.0. The number of carbonyl (C=O) groups excluding carboxylic acids is 1. The summed E-state index contributed by atoms with van der Waals surface area (Å²) in [6.45, 7) is 1.98. The van der Waals surface area contributed by atoms with Crippen LogP contribution < -0.4 is 4.90 Å². The summed E-state index contributed by atoms with van der Waals surface area (Å²) in [5.74, 6) is 0.703. The Hall–Kier alpha value is -2.45. The van der Waals surface area contributed by atoms with Gasteiger partial charge in [0.1, 0.15) is 5.82 Å². The molecular formula is C18H22N4O3S. The summed E-state index contributed by atoms with van der Waals surface area (Å²) in [6, 6.07) is 11.8. The molecule has 1 amide bonds. The van der Waals surface area contributed by atoms with Crippen LogP contribution in [0.1, 0.15) is 10.4 Å². The van der Waals surface area contributed by atoms with Crippen molar-refractivity contribution in [2.24, 2.45) is 0 Å². The first-order valence-electron chi connectivity index (χ1n) is 8.37. The monoisotopic (exact) mass is 374 g/mol. The Kier molecular flexibility index (Phi) is 5.24. The molecule has 0 N–H and O–H groups in total. The number of carbonyl (C=O) groups is 1. The Labute approximate surface area is 153 Å². The van der Waals surface area contributed by atoms with Gasteiger partial charge in [0, 0.05) is 52.0 Å². The van der Waals surface area contributed by atoms with Gasteiger partial charge in [-0.2, -0.15) is 4.31 Å². The van der Waals surface area contributed by atoms with Crippen LogP contribution in [-0.4, -0.2) is 68.8 Å². The lowest BCUT2D eigenvalue weighted by Crippen LogP contribution is -2.48. The number of nitrogens with zero attached hydrogens (tertiary/aromatic N) is 4. The van der Waals surface area contributed by atoms with Gasteiger partial charge in [0.25, 0.3) is 5.91 Å². The number of aromatic nitrogens is 1. The Bertz CT molecular complexity index is 859. The molecule has 1 saturated heterocycles. The molecular weight excluding hydrogens is 352 g/mol. The highest BCUT2D eigenvalue weighted by Gasteiger charge is 2.29. The summed E-state index contributed by atoms with van der Waals surface area (Å²) >= 11 is 0. The molecule has 0 bridgehead atoms. The number of pyridine rings is 1. The number of hydrogen-bond acceptors (Lipinski definition) is 5. The predicted molar refractivity (Wildman–Crippen MR) is 99.7 cm³/mol. The van der Waals surface area contributed by atoms with Crippen LogP contribution >= 0.6 is 0 Å². The Morgan fingerprint density at radius 2 is 1.65 bits per heavy atom. The number of piperazine rings is 1. The predicted octanol–water partition coefficient (Wildman–Crippen LogP) is 1.29. The van der Waals surface area contributed by atoms with Crippen molar-refractivity contribution >= 4 is 21.7 Å². The van der Waals surface area contributed by atoms with Crippen LogP contribution in [0.2, 0.25) is 0 Å². The number of hydrogen-bond donors (Lipinski definition) is 0. The average Bonchev–Trinajstić information content (AvgIpc) is 2.68. The van der Waals surface area contributed by atoms with Crippen LogP contribution in [-0.2, 0) is 10.0 Å². The van der Waals surface area contributed by atoms with Gasteiger partial charge in [-0.15, -0.1) is 0 Å². The first-order chi connectivity index (χ1) is 12.4. The zero-order valence-corrected chi connectivity index (χ0v) is 15.7. The normalized spacial score (nSPS) is 15.7. The lowest BCUT2D eigenvalue weighted by Gasteiger charge is -2.34. The van der Waals surface area contributed by atoms with E-state index in [-0.39, 0.29) is 10.8 Å². The summed E-state index contributed by atoms with van der Waals surface area (Å²) in [7, 11) is -0.247. The van der Waals surface area contributed by atoms with Gasteiger partial charge in [0.15, 0.2) is 0 Å². The highest BCUT2D eigenvalue weighted by Crippen LogP contribution is 2.20. The van der Waals surface area contributed by atoms with E-state index in [0.29, 0.717) is 31.7 Å². The van der Waals surface area contributed by atoms with E-state index in [4.69, 9.17) is 0 Å². The van der Waals surface area contributed by atoms with Crippen LogP contribution in [0.5, 0.6) is 0 Å². The third-order valence-electron chi connectivity index (χ3n) is 4.36. The molecule has 0 atom stereocenters. The molecule has 1 fully saturated rings. The molecule has 0 aliphatic carbocycles. The highest BCUT2D eigenvalue weighted by atomic mass is 32.2. The van der Waals surface area contributed by atoms with Gasteiger partial charge in [0.2, 0.25) is 10.0 Å². The second-order valence-electron chi connectivity index (χ2n) is 6.30. The first-order valence-corrected chi connectivity index (χ1v) is 9.81. The molecule has 138 valence electrons. The van der Waals surface area contributed by atoms with E-state index >= 15 is 0 Å². The van der Waals surface area contributed by atoms with E-state index in [1.807, 2.05) is 18.2 Å². The molecule has 2 aromatic rings. The molecule has 1 aliphatic rings. The minimum absolute atomic E-state index is 0.155. The Morgan fingerprint density at radius 3 is 2.19 bits per heavy atom. The molecule has 0 radical (unpaired) electrons. The van der Waals surface area contributed by atoms with Crippen LogP contribution in [0.4, 0.5) is 5.82 Å². The van der Waals surface area contributed by atoms with Crippen LogP contribution in [0.15, 0.2) is 53.6 Å². The number of sulfonamides is 1. The molecule has 0 unspecified atom stereocenters.